The molecule has 0 saturated carbocycles. The van der Waals surface area contributed by atoms with Crippen LogP contribution in [0.25, 0.3) is 10.2 Å². The molecule has 5 heteroatoms. The third-order valence-corrected chi connectivity index (χ3v) is 4.52. The molecular weight excluding hydrogens is 248 g/mol. The van der Waals surface area contributed by atoms with E-state index in [1.165, 1.54) is 0 Å². The van der Waals surface area contributed by atoms with Crippen molar-refractivity contribution in [2.24, 2.45) is 0 Å². The largest absolute Gasteiger partial charge is 0.478 e. The Hall–Kier alpha value is -1.46. The van der Waals surface area contributed by atoms with Crippen LogP contribution in [0.5, 0.6) is 0 Å². The van der Waals surface area contributed by atoms with Crippen LogP contribution in [0.2, 0.25) is 0 Å². The smallest absolute Gasteiger partial charge is 0.335 e. The molecule has 1 aliphatic heterocycles. The van der Waals surface area contributed by atoms with E-state index in [-0.39, 0.29) is 0 Å². The first-order chi connectivity index (χ1) is 8.74. The number of piperidine rings is 1. The molecule has 4 nitrogen and oxygen atoms in total. The van der Waals surface area contributed by atoms with Crippen molar-refractivity contribution in [1.29, 1.82) is 0 Å². The number of carboxylic acids is 1. The summed E-state index contributed by atoms with van der Waals surface area (Å²) in [7, 11) is 0. The fourth-order valence-corrected chi connectivity index (χ4v) is 3.49. The lowest BCUT2D eigenvalue weighted by Crippen LogP contribution is -2.26. The molecule has 0 unspecified atom stereocenters. The summed E-state index contributed by atoms with van der Waals surface area (Å²) in [6, 6.07) is 5.15. The molecule has 0 atom stereocenters. The molecule has 0 radical (unpaired) electrons. The number of rotatable bonds is 2. The van der Waals surface area contributed by atoms with Crippen molar-refractivity contribution in [1.82, 2.24) is 10.3 Å². The molecular formula is C13H14N2O2S. The van der Waals surface area contributed by atoms with Gasteiger partial charge in [-0.1, -0.05) is 0 Å². The molecule has 0 aliphatic carbocycles. The zero-order valence-corrected chi connectivity index (χ0v) is 10.7. The zero-order valence-electron chi connectivity index (χ0n) is 9.85. The van der Waals surface area contributed by atoms with E-state index in [2.05, 4.69) is 10.3 Å². The van der Waals surface area contributed by atoms with Crippen molar-refractivity contribution in [3.05, 3.63) is 28.8 Å². The Morgan fingerprint density at radius 3 is 2.89 bits per heavy atom. The maximum atomic E-state index is 10.9. The van der Waals surface area contributed by atoms with Crippen LogP contribution in [-0.2, 0) is 0 Å². The van der Waals surface area contributed by atoms with Gasteiger partial charge in [-0.15, -0.1) is 11.3 Å². The number of aromatic nitrogens is 1. The van der Waals surface area contributed by atoms with Gasteiger partial charge >= 0.3 is 5.97 Å². The van der Waals surface area contributed by atoms with Crippen molar-refractivity contribution >= 4 is 27.5 Å². The van der Waals surface area contributed by atoms with Crippen LogP contribution in [0.15, 0.2) is 18.2 Å². The summed E-state index contributed by atoms with van der Waals surface area (Å²) in [5, 5.41) is 13.5. The first-order valence-corrected chi connectivity index (χ1v) is 6.90. The number of fused-ring (bicyclic) bond motifs is 1. The van der Waals surface area contributed by atoms with E-state index in [1.807, 2.05) is 0 Å². The molecule has 0 amide bonds. The molecule has 1 aromatic heterocycles. The van der Waals surface area contributed by atoms with Crippen molar-refractivity contribution in [2.75, 3.05) is 13.1 Å². The Morgan fingerprint density at radius 2 is 2.17 bits per heavy atom. The zero-order chi connectivity index (χ0) is 12.5. The number of benzene rings is 1. The van der Waals surface area contributed by atoms with Crippen LogP contribution in [-0.4, -0.2) is 29.1 Å². The molecule has 0 spiro atoms. The van der Waals surface area contributed by atoms with E-state index in [0.717, 1.165) is 41.2 Å². The lowest BCUT2D eigenvalue weighted by atomic mass is 9.99. The summed E-state index contributed by atoms with van der Waals surface area (Å²) in [4.78, 5) is 15.6. The average molecular weight is 262 g/mol. The minimum absolute atomic E-state index is 0.336. The number of carboxylic acid groups (broad SMARTS) is 1. The predicted molar refractivity (Wildman–Crippen MR) is 71.4 cm³/mol. The number of thiazole rings is 1. The Kier molecular flexibility index (Phi) is 3.01. The topological polar surface area (TPSA) is 62.2 Å². The Balaban J connectivity index is 1.97. The molecule has 0 bridgehead atoms. The second-order valence-electron chi connectivity index (χ2n) is 4.56. The highest BCUT2D eigenvalue weighted by molar-refractivity contribution is 7.18. The Morgan fingerprint density at radius 1 is 1.39 bits per heavy atom. The maximum absolute atomic E-state index is 10.9. The van der Waals surface area contributed by atoms with Gasteiger partial charge in [0.05, 0.1) is 20.8 Å². The molecule has 1 aromatic carbocycles. The molecule has 1 fully saturated rings. The van der Waals surface area contributed by atoms with Crippen LogP contribution in [0.3, 0.4) is 0 Å². The van der Waals surface area contributed by atoms with E-state index in [0.29, 0.717) is 11.5 Å². The lowest BCUT2D eigenvalue weighted by molar-refractivity contribution is 0.0697. The molecule has 1 aliphatic rings. The van der Waals surface area contributed by atoms with Gasteiger partial charge in [-0.2, -0.15) is 0 Å². The van der Waals surface area contributed by atoms with Crippen molar-refractivity contribution in [2.45, 2.75) is 18.8 Å². The van der Waals surface area contributed by atoms with Gasteiger partial charge in [-0.05, 0) is 44.1 Å². The Labute approximate surface area is 109 Å². The van der Waals surface area contributed by atoms with Crippen molar-refractivity contribution < 1.29 is 9.90 Å². The van der Waals surface area contributed by atoms with Gasteiger partial charge in [0.1, 0.15) is 0 Å². The molecule has 2 aromatic rings. The van der Waals surface area contributed by atoms with E-state index in [9.17, 15) is 4.79 Å². The second-order valence-corrected chi connectivity index (χ2v) is 5.63. The van der Waals surface area contributed by atoms with E-state index >= 15 is 0 Å². The number of carbonyl (C=O) groups is 1. The van der Waals surface area contributed by atoms with Crippen molar-refractivity contribution in [3.8, 4) is 0 Å². The number of nitrogens with one attached hydrogen (secondary N) is 1. The minimum atomic E-state index is -0.881. The monoisotopic (exact) mass is 262 g/mol. The van der Waals surface area contributed by atoms with Gasteiger partial charge < -0.3 is 10.4 Å². The van der Waals surface area contributed by atoms with Gasteiger partial charge in [0.15, 0.2) is 0 Å². The lowest BCUT2D eigenvalue weighted by Gasteiger charge is -2.20. The highest BCUT2D eigenvalue weighted by atomic mass is 32.1. The number of nitrogens with zero attached hydrogens (tertiary/aromatic N) is 1. The summed E-state index contributed by atoms with van der Waals surface area (Å²) in [6.07, 6.45) is 2.23. The first-order valence-electron chi connectivity index (χ1n) is 6.08. The van der Waals surface area contributed by atoms with Crippen LogP contribution in [0.4, 0.5) is 0 Å². The van der Waals surface area contributed by atoms with E-state index in [4.69, 9.17) is 5.11 Å². The van der Waals surface area contributed by atoms with Gasteiger partial charge in [-0.3, -0.25) is 0 Å². The second kappa shape index (κ2) is 4.66. The fraction of sp³-hybridized carbons (Fsp3) is 0.385. The van der Waals surface area contributed by atoms with Gasteiger partial charge in [0.25, 0.3) is 0 Å². The third kappa shape index (κ3) is 2.11. The molecule has 2 heterocycles. The van der Waals surface area contributed by atoms with E-state index in [1.54, 1.807) is 29.5 Å². The molecule has 18 heavy (non-hydrogen) atoms. The van der Waals surface area contributed by atoms with Crippen LogP contribution in [0.1, 0.15) is 34.1 Å². The van der Waals surface area contributed by atoms with Gasteiger partial charge in [-0.25, -0.2) is 9.78 Å². The predicted octanol–water partition coefficient (Wildman–Crippen LogP) is 2.46. The molecule has 94 valence electrons. The number of hydrogen-bond donors (Lipinski definition) is 2. The highest BCUT2D eigenvalue weighted by Gasteiger charge is 2.19. The summed E-state index contributed by atoms with van der Waals surface area (Å²) in [5.74, 6) is -0.356. The summed E-state index contributed by atoms with van der Waals surface area (Å²) in [5.41, 5.74) is 1.25. The Bertz CT molecular complexity index is 588. The highest BCUT2D eigenvalue weighted by Crippen LogP contribution is 2.32. The van der Waals surface area contributed by atoms with Crippen LogP contribution >= 0.6 is 11.3 Å². The van der Waals surface area contributed by atoms with Crippen molar-refractivity contribution in [3.63, 3.8) is 0 Å². The normalized spacial score (nSPS) is 17.1. The van der Waals surface area contributed by atoms with Crippen LogP contribution in [0, 0.1) is 0 Å². The molecule has 1 saturated heterocycles. The summed E-state index contributed by atoms with van der Waals surface area (Å²) < 4.78 is 0.975. The summed E-state index contributed by atoms with van der Waals surface area (Å²) >= 11 is 1.63. The average Bonchev–Trinajstić information content (AvgIpc) is 2.82. The van der Waals surface area contributed by atoms with Gasteiger partial charge in [0, 0.05) is 5.92 Å². The first kappa shape index (κ1) is 11.6. The van der Waals surface area contributed by atoms with Gasteiger partial charge in [0.2, 0.25) is 0 Å². The molecule has 3 rings (SSSR count). The minimum Gasteiger partial charge on any atom is -0.478 e. The standard InChI is InChI=1S/C13H14N2O2S/c16-13(17)9-1-2-10-11(7-9)18-12(15-10)8-3-5-14-6-4-8/h1-2,7-8,14H,3-6H2,(H,16,17). The third-order valence-electron chi connectivity index (χ3n) is 3.34. The molecule has 2 N–H and O–H groups in total. The van der Waals surface area contributed by atoms with E-state index < -0.39 is 5.97 Å². The van der Waals surface area contributed by atoms with Crippen LogP contribution < -0.4 is 5.32 Å². The summed E-state index contributed by atoms with van der Waals surface area (Å²) in [6.45, 7) is 2.09. The number of hydrogen-bond acceptors (Lipinski definition) is 4. The SMILES string of the molecule is O=C(O)c1ccc2nc(C3CCNCC3)sc2c1. The fourth-order valence-electron chi connectivity index (χ4n) is 2.32. The number of aromatic carboxylic acids is 1. The maximum Gasteiger partial charge on any atom is 0.335 e. The quantitative estimate of drug-likeness (QED) is 0.872.